The fraction of sp³-hybridized carbons (Fsp3) is 0.214. The molecule has 0 aliphatic carbocycles. The number of ether oxygens (including phenoxy) is 1. The lowest BCUT2D eigenvalue weighted by Crippen LogP contribution is -2.67. The van der Waals surface area contributed by atoms with Crippen molar-refractivity contribution >= 4 is 60.2 Å². The lowest BCUT2D eigenvalue weighted by molar-refractivity contribution is -0.657. The first-order valence-corrected chi connectivity index (χ1v) is 14.7. The molecule has 1 fully saturated rings. The van der Waals surface area contributed by atoms with Gasteiger partial charge in [0.2, 0.25) is 12.1 Å². The highest BCUT2D eigenvalue weighted by atomic mass is 32.2. The van der Waals surface area contributed by atoms with Crippen LogP contribution in [0, 0.1) is 5.82 Å². The number of thiazole rings is 1. The van der Waals surface area contributed by atoms with Crippen molar-refractivity contribution in [3.63, 3.8) is 0 Å². The number of aromatic nitrogens is 1. The zero-order valence-corrected chi connectivity index (χ0v) is 22.5. The molecular weight excluding hydrogens is 543 g/mol. The van der Waals surface area contributed by atoms with E-state index in [9.17, 15) is 27.3 Å². The van der Waals surface area contributed by atoms with E-state index in [1.807, 2.05) is 37.3 Å². The van der Waals surface area contributed by atoms with Crippen molar-refractivity contribution in [1.29, 1.82) is 0 Å². The van der Waals surface area contributed by atoms with Crippen LogP contribution in [0.25, 0.3) is 27.1 Å². The van der Waals surface area contributed by atoms with Crippen LogP contribution in [0.15, 0.2) is 72.1 Å². The third kappa shape index (κ3) is 4.13. The zero-order chi connectivity index (χ0) is 27.5. The molecule has 1 aromatic heterocycles. The average Bonchev–Trinajstić information content (AvgIpc) is 3.37. The van der Waals surface area contributed by atoms with Crippen molar-refractivity contribution in [3.05, 3.63) is 83.0 Å². The van der Waals surface area contributed by atoms with Gasteiger partial charge in [-0.1, -0.05) is 42.5 Å². The number of carbonyl (C=O) groups is 1. The van der Waals surface area contributed by atoms with Crippen LogP contribution in [-0.2, 0) is 21.5 Å². The molecule has 1 saturated heterocycles. The molecule has 0 radical (unpaired) electrons. The summed E-state index contributed by atoms with van der Waals surface area (Å²) < 4.78 is 59.6. The lowest BCUT2D eigenvalue weighted by Gasteiger charge is -2.48. The van der Waals surface area contributed by atoms with Crippen LogP contribution in [0.4, 0.5) is 10.1 Å². The third-order valence-corrected chi connectivity index (χ3v) is 9.81. The van der Waals surface area contributed by atoms with E-state index in [1.165, 1.54) is 28.0 Å². The van der Waals surface area contributed by atoms with Gasteiger partial charge in [0, 0.05) is 23.6 Å². The van der Waals surface area contributed by atoms with E-state index in [2.05, 4.69) is 0 Å². The summed E-state index contributed by atoms with van der Waals surface area (Å²) in [7, 11) is -4.67. The number of quaternary nitrogens is 1. The maximum absolute atomic E-state index is 14.0. The Morgan fingerprint density at radius 1 is 1.26 bits per heavy atom. The maximum atomic E-state index is 14.0. The first-order valence-electron chi connectivity index (χ1n) is 12.4. The van der Waals surface area contributed by atoms with Gasteiger partial charge in [-0.05, 0) is 41.6 Å². The quantitative estimate of drug-likeness (QED) is 0.202. The largest absolute Gasteiger partial charge is 0.743 e. The summed E-state index contributed by atoms with van der Waals surface area (Å²) in [6.45, 7) is 1.95. The molecule has 2 aliphatic rings. The van der Waals surface area contributed by atoms with Gasteiger partial charge >= 0.3 is 11.9 Å². The Morgan fingerprint density at radius 2 is 2.05 bits per heavy atom. The van der Waals surface area contributed by atoms with E-state index in [4.69, 9.17) is 4.74 Å². The van der Waals surface area contributed by atoms with Crippen LogP contribution in [-0.4, -0.2) is 36.0 Å². The number of fused-ring (bicyclic) bond motifs is 5. The fourth-order valence-corrected chi connectivity index (χ4v) is 7.85. The van der Waals surface area contributed by atoms with E-state index < -0.39 is 27.3 Å². The van der Waals surface area contributed by atoms with Crippen molar-refractivity contribution in [2.24, 2.45) is 0 Å². The SMILES string of the molecule is CCC(=Cc1sc2ccc(F)cc2[n+]1CC(=O)O)C=C1Oc2ccc3ccccc3c2[N+]12CCC2S(=O)(=O)[O-]. The normalized spacial score (nSPS) is 21.9. The third-order valence-electron chi connectivity index (χ3n) is 7.44. The number of halogens is 1. The Balaban J connectivity index is 1.53. The Morgan fingerprint density at radius 3 is 2.74 bits per heavy atom. The van der Waals surface area contributed by atoms with E-state index in [0.717, 1.165) is 21.0 Å². The minimum absolute atomic E-state index is 0.209. The van der Waals surface area contributed by atoms with Crippen LogP contribution in [0.2, 0.25) is 0 Å². The van der Waals surface area contributed by atoms with Gasteiger partial charge in [0.05, 0.1) is 13.0 Å². The number of hydrogen-bond donors (Lipinski definition) is 1. The van der Waals surface area contributed by atoms with Gasteiger partial charge in [0.1, 0.15) is 10.5 Å². The fourth-order valence-electron chi connectivity index (χ4n) is 5.59. The summed E-state index contributed by atoms with van der Waals surface area (Å²) >= 11 is 1.33. The number of rotatable bonds is 6. The molecule has 2 atom stereocenters. The predicted molar refractivity (Wildman–Crippen MR) is 145 cm³/mol. The molecular formula is C28H24FN2O6S2+. The molecule has 3 heterocycles. The van der Waals surface area contributed by atoms with E-state index >= 15 is 0 Å². The molecule has 6 rings (SSSR count). The number of allylic oxidation sites excluding steroid dienone is 2. The number of carboxylic acid groups (broad SMARTS) is 1. The minimum atomic E-state index is -4.67. The van der Waals surface area contributed by atoms with Gasteiger partial charge < -0.3 is 14.4 Å². The van der Waals surface area contributed by atoms with Gasteiger partial charge in [0.25, 0.3) is 5.01 Å². The van der Waals surface area contributed by atoms with Crippen molar-refractivity contribution in [1.82, 2.24) is 4.48 Å². The molecule has 4 aromatic rings. The van der Waals surface area contributed by atoms with Crippen LogP contribution in [0.1, 0.15) is 24.8 Å². The van der Waals surface area contributed by atoms with Crippen LogP contribution >= 0.6 is 11.3 Å². The molecule has 0 bridgehead atoms. The van der Waals surface area contributed by atoms with Crippen molar-refractivity contribution in [2.45, 2.75) is 31.7 Å². The highest BCUT2D eigenvalue weighted by molar-refractivity contribution is 7.86. The first-order chi connectivity index (χ1) is 18.6. The molecule has 2 unspecified atom stereocenters. The van der Waals surface area contributed by atoms with E-state index in [1.54, 1.807) is 24.3 Å². The summed E-state index contributed by atoms with van der Waals surface area (Å²) in [6, 6.07) is 15.5. The van der Waals surface area contributed by atoms with Crippen LogP contribution in [0.5, 0.6) is 5.75 Å². The van der Waals surface area contributed by atoms with Crippen molar-refractivity contribution in [2.75, 3.05) is 6.54 Å². The average molecular weight is 568 g/mol. The summed E-state index contributed by atoms with van der Waals surface area (Å²) in [5, 5.41) is 10.6. The predicted octanol–water partition coefficient (Wildman–Crippen LogP) is 4.88. The highest BCUT2D eigenvalue weighted by Crippen LogP contribution is 2.56. The molecule has 1 N–H and O–H groups in total. The molecule has 0 saturated carbocycles. The van der Waals surface area contributed by atoms with E-state index in [-0.39, 0.29) is 17.4 Å². The Kier molecular flexibility index (Phi) is 6.07. The molecule has 1 spiro atoms. The van der Waals surface area contributed by atoms with Gasteiger partial charge in [0.15, 0.2) is 26.9 Å². The molecule has 2 aliphatic heterocycles. The monoisotopic (exact) mass is 567 g/mol. The highest BCUT2D eigenvalue weighted by Gasteiger charge is 2.61. The maximum Gasteiger partial charge on any atom is 0.370 e. The molecule has 0 amide bonds. The van der Waals surface area contributed by atoms with Crippen molar-refractivity contribution in [3.8, 4) is 5.75 Å². The molecule has 11 heteroatoms. The molecule has 39 heavy (non-hydrogen) atoms. The summed E-state index contributed by atoms with van der Waals surface area (Å²) in [6.07, 6.45) is 4.28. The van der Waals surface area contributed by atoms with Crippen molar-refractivity contribution < 1.29 is 36.6 Å². The van der Waals surface area contributed by atoms with Gasteiger partial charge in [-0.25, -0.2) is 22.1 Å². The van der Waals surface area contributed by atoms with Gasteiger partial charge in [-0.15, -0.1) is 0 Å². The van der Waals surface area contributed by atoms with Crippen LogP contribution in [0.3, 0.4) is 0 Å². The summed E-state index contributed by atoms with van der Waals surface area (Å²) in [5.74, 6) is -0.694. The number of hydrogen-bond acceptors (Lipinski definition) is 6. The number of benzene rings is 3. The zero-order valence-electron chi connectivity index (χ0n) is 20.8. The summed E-state index contributed by atoms with van der Waals surface area (Å²) in [5.41, 5.74) is 1.86. The molecule has 200 valence electrons. The Labute approximate surface area is 227 Å². The van der Waals surface area contributed by atoms with Gasteiger partial charge in [-0.3, -0.25) is 0 Å². The Bertz CT molecular complexity index is 1850. The Hall–Kier alpha value is -3.64. The number of nitrogens with zero attached hydrogens (tertiary/aromatic N) is 2. The smallest absolute Gasteiger partial charge is 0.370 e. The summed E-state index contributed by atoms with van der Waals surface area (Å²) in [4.78, 5) is 11.6. The number of aliphatic carboxylic acids is 1. The number of carboxylic acids is 1. The molecule has 3 aromatic carbocycles. The topological polar surface area (TPSA) is 108 Å². The standard InChI is InChI=1S/C28H23FN2O6S2/c1-2-17(13-24-30(16-27(32)33)21-15-19(29)8-10-23(21)38-24)14-25-31(12-11-26(31)39(34,35)36)28-20-6-4-3-5-18(20)7-9-22(28)37-25/h3-10,13-15,26H,2,11-12,16H2,1H3/p+1. The van der Waals surface area contributed by atoms with E-state index in [0.29, 0.717) is 40.8 Å². The van der Waals surface area contributed by atoms with Gasteiger partial charge in [-0.2, -0.15) is 4.57 Å². The second-order valence-corrected chi connectivity index (χ2v) is 12.2. The second-order valence-electron chi connectivity index (χ2n) is 9.65. The molecule has 8 nitrogen and oxygen atoms in total. The second kappa shape index (κ2) is 9.23. The van der Waals surface area contributed by atoms with Crippen LogP contribution < -0.4 is 13.8 Å². The lowest BCUT2D eigenvalue weighted by atomic mass is 10.0. The minimum Gasteiger partial charge on any atom is -0.743 e. The first kappa shape index (κ1) is 25.6.